The van der Waals surface area contributed by atoms with E-state index in [4.69, 9.17) is 49.9 Å². The Morgan fingerprint density at radius 2 is 0.765 bits per heavy atom. The first-order valence-corrected chi connectivity index (χ1v) is 33.5. The van der Waals surface area contributed by atoms with Crippen LogP contribution < -0.4 is 0 Å². The van der Waals surface area contributed by atoms with Crippen LogP contribution in [0.3, 0.4) is 0 Å². The molecule has 10 unspecified atom stereocenters. The van der Waals surface area contributed by atoms with Crippen LogP contribution in [-0.4, -0.2) is 85.0 Å². The van der Waals surface area contributed by atoms with Crippen molar-refractivity contribution in [2.24, 2.45) is 107 Å². The largest absolute Gasteiger partial charge is 2.00 e. The normalized spacial score (nSPS) is 31.5. The number of rotatable bonds is 24. The predicted molar refractivity (Wildman–Crippen MR) is 348 cm³/mol. The molecule has 4 saturated carbocycles. The molecular formula is C66H135ClFe2N4O6P2. The van der Waals surface area contributed by atoms with Crippen LogP contribution in [0.5, 0.6) is 0 Å². The first kappa shape index (κ1) is 95.5. The van der Waals surface area contributed by atoms with Gasteiger partial charge < -0.3 is 57.9 Å². The van der Waals surface area contributed by atoms with Crippen LogP contribution in [0.15, 0.2) is 0 Å². The molecule has 4 aliphatic rings. The monoisotopic (exact) mass is 1290 g/mol. The van der Waals surface area contributed by atoms with E-state index in [1.165, 1.54) is 19.3 Å². The van der Waals surface area contributed by atoms with Crippen LogP contribution in [0.25, 0.3) is 0 Å². The molecule has 488 valence electrons. The maximum atomic E-state index is 8.76. The average molecular weight is 1290 g/mol. The molecule has 15 heteroatoms. The quantitative estimate of drug-likeness (QED) is 0.0329. The first-order valence-electron chi connectivity index (χ1n) is 30.3. The summed E-state index contributed by atoms with van der Waals surface area (Å²) in [5, 5.41) is 25.6. The topological polar surface area (TPSA) is 120 Å². The van der Waals surface area contributed by atoms with Gasteiger partial charge in [-0.05, 0) is 205 Å². The molecule has 4 rings (SSSR count). The summed E-state index contributed by atoms with van der Waals surface area (Å²) in [5.41, 5.74) is 0. The van der Waals surface area contributed by atoms with Crippen molar-refractivity contribution in [3.05, 3.63) is 29.7 Å². The van der Waals surface area contributed by atoms with Gasteiger partial charge in [-0.25, -0.2) is 9.34 Å². The SMILES string of the molecule is CC(C)N(C(C)C)P(Cl)OCCC#N.CC1C(C)C(C)C(C)C1C.CC1C(C)C(C)C(C)C1C.CC1CC(CCCOCO)C(C)C1C.CC1CC(COCCCOP(OCCC#N)N(C(C)C)C(C)C)C(C)C1C.[CH3-].[CH3-].[CH3-].[CH3-].[Fe+2].[Fe+2]. The van der Waals surface area contributed by atoms with Crippen molar-refractivity contribution in [1.29, 1.82) is 10.5 Å². The summed E-state index contributed by atoms with van der Waals surface area (Å²) in [6, 6.07) is 5.56. The molecule has 0 radical (unpaired) electrons. The van der Waals surface area contributed by atoms with E-state index in [2.05, 4.69) is 182 Å². The third kappa shape index (κ3) is 33.9. The maximum Gasteiger partial charge on any atom is 2.00 e. The number of hydrogen-bond donors (Lipinski definition) is 1. The molecule has 1 N–H and O–H groups in total. The van der Waals surface area contributed by atoms with E-state index in [0.717, 1.165) is 127 Å². The molecule has 0 amide bonds. The summed E-state index contributed by atoms with van der Waals surface area (Å²) in [5.74, 6) is 15.9. The fourth-order valence-electron chi connectivity index (χ4n) is 12.7. The van der Waals surface area contributed by atoms with Gasteiger partial charge in [0.2, 0.25) is 7.65 Å². The van der Waals surface area contributed by atoms with Crippen molar-refractivity contribution in [2.45, 2.75) is 235 Å². The minimum Gasteiger partial charge on any atom is -0.381 e. The van der Waals surface area contributed by atoms with Gasteiger partial charge in [-0.15, -0.1) is 0 Å². The molecule has 0 aromatic heterocycles. The van der Waals surface area contributed by atoms with E-state index in [9.17, 15) is 0 Å². The minimum atomic E-state index is -1.14. The number of nitrogens with zero attached hydrogens (tertiary/aromatic N) is 4. The molecule has 0 aromatic rings. The Kier molecular flexibility index (Phi) is 61.0. The second kappa shape index (κ2) is 51.7. The van der Waals surface area contributed by atoms with Gasteiger partial charge in [0.05, 0.1) is 44.8 Å². The van der Waals surface area contributed by atoms with Gasteiger partial charge in [-0.3, -0.25) is 0 Å². The second-order valence-electron chi connectivity index (χ2n) is 25.5. The summed E-state index contributed by atoms with van der Waals surface area (Å²) in [6.45, 7) is 58.8. The summed E-state index contributed by atoms with van der Waals surface area (Å²) < 4.78 is 32.6. The molecule has 0 aliphatic heterocycles. The van der Waals surface area contributed by atoms with E-state index in [1.807, 2.05) is 6.07 Å². The number of aliphatic hydroxyl groups is 1. The van der Waals surface area contributed by atoms with Crippen molar-refractivity contribution in [3.8, 4) is 12.1 Å². The Balaban J connectivity index is -0.000000175. The van der Waals surface area contributed by atoms with E-state index >= 15 is 0 Å². The molecule has 10 atom stereocenters. The van der Waals surface area contributed by atoms with E-state index in [1.54, 1.807) is 0 Å². The molecule has 0 aromatic carbocycles. The minimum absolute atomic E-state index is 0. The van der Waals surface area contributed by atoms with Gasteiger partial charge in [0, 0.05) is 44.0 Å². The fraction of sp³-hybridized carbons (Fsp3) is 0.909. The molecule has 0 bridgehead atoms. The zero-order valence-corrected chi connectivity index (χ0v) is 62.6. The third-order valence-corrected chi connectivity index (χ3v) is 24.4. The second-order valence-corrected chi connectivity index (χ2v) is 29.0. The molecule has 0 saturated heterocycles. The molecule has 0 spiro atoms. The molecule has 0 heterocycles. The van der Waals surface area contributed by atoms with Crippen molar-refractivity contribution in [3.63, 3.8) is 0 Å². The van der Waals surface area contributed by atoms with Crippen LogP contribution in [0.2, 0.25) is 0 Å². The van der Waals surface area contributed by atoms with Gasteiger partial charge in [-0.2, -0.15) is 10.5 Å². The predicted octanol–water partition coefficient (Wildman–Crippen LogP) is 19.9. The van der Waals surface area contributed by atoms with Gasteiger partial charge in [0.15, 0.2) is 0 Å². The number of aliphatic hydroxyl groups excluding tert-OH is 1. The summed E-state index contributed by atoms with van der Waals surface area (Å²) in [7, 11) is -2.22. The van der Waals surface area contributed by atoms with Crippen LogP contribution >= 0.6 is 27.4 Å². The number of nitriles is 2. The smallest absolute Gasteiger partial charge is 0.381 e. The van der Waals surface area contributed by atoms with Gasteiger partial charge in [0.25, 0.3) is 8.53 Å². The Morgan fingerprint density at radius 1 is 0.444 bits per heavy atom. The average Bonchev–Trinajstić information content (AvgIpc) is 3.87. The van der Waals surface area contributed by atoms with Crippen LogP contribution in [-0.2, 0) is 57.2 Å². The molecule has 10 nitrogen and oxygen atoms in total. The van der Waals surface area contributed by atoms with Gasteiger partial charge >= 0.3 is 34.1 Å². The molecule has 4 fully saturated rings. The Hall–Kier alpha value is 0.849. The Morgan fingerprint density at radius 3 is 1.07 bits per heavy atom. The summed E-state index contributed by atoms with van der Waals surface area (Å²) in [4.78, 5) is 0. The zero-order valence-electron chi connectivity index (χ0n) is 57.9. The number of hydrogen-bond acceptors (Lipinski definition) is 10. The van der Waals surface area contributed by atoms with E-state index < -0.39 is 16.2 Å². The van der Waals surface area contributed by atoms with E-state index in [-0.39, 0.29) is 70.6 Å². The standard InChI is InChI=1S/C21H41N2O3P.C12H24O2.2C10H20.C9H18ClN2OP.4CH3.2Fe/c1-16(2)23(17(3)4)27(25-12-8-10-22)26-13-9-11-24-15-21-14-18(5)19(6)20(21)7;1-9-7-12(11(3)10(9)2)5-4-6-14-8-13;2*1-6-7(2)9(4)10(5)8(6)3;1-8(2)12(9(3)4)14(10)13-7-5-6-11;;;;;;/h16-21H,8-9,11-15H2,1-7H3;9-13H,4-8H2,1-3H3;2*6-10H,1-5H3;8-9H,5,7H2,1-4H3;4*1H3;;/q;;;;;4*-1;2*+2. The van der Waals surface area contributed by atoms with E-state index in [0.29, 0.717) is 69.4 Å². The van der Waals surface area contributed by atoms with Crippen molar-refractivity contribution < 1.29 is 62.3 Å². The number of ether oxygens (including phenoxy) is 2. The van der Waals surface area contributed by atoms with Gasteiger partial charge in [-0.1, -0.05) is 111 Å². The van der Waals surface area contributed by atoms with Crippen molar-refractivity contribution in [2.75, 3.05) is 46.4 Å². The maximum absolute atomic E-state index is 8.76. The fourth-order valence-corrected chi connectivity index (χ4v) is 16.6. The van der Waals surface area contributed by atoms with Crippen LogP contribution in [0.1, 0.15) is 211 Å². The van der Waals surface area contributed by atoms with Crippen molar-refractivity contribution >= 4 is 27.4 Å². The molecule has 81 heavy (non-hydrogen) atoms. The first-order chi connectivity index (χ1) is 35.1. The van der Waals surface area contributed by atoms with Gasteiger partial charge in [0.1, 0.15) is 6.79 Å². The summed E-state index contributed by atoms with van der Waals surface area (Å²) >= 11 is 6.13. The Labute approximate surface area is 536 Å². The molecular weight excluding hydrogens is 1150 g/mol. The van der Waals surface area contributed by atoms with Crippen LogP contribution in [0, 0.1) is 159 Å². The number of halogens is 1. The Bertz CT molecular complexity index is 1400. The van der Waals surface area contributed by atoms with Crippen LogP contribution in [0.4, 0.5) is 0 Å². The summed E-state index contributed by atoms with van der Waals surface area (Å²) in [6.07, 6.45) is 6.68. The third-order valence-electron chi connectivity index (χ3n) is 19.8. The molecule has 4 aliphatic carbocycles. The van der Waals surface area contributed by atoms with Crippen molar-refractivity contribution in [1.82, 2.24) is 9.34 Å². The zero-order chi connectivity index (χ0) is 57.9.